The number of rotatable bonds is 6. The summed E-state index contributed by atoms with van der Waals surface area (Å²) < 4.78 is 0. The van der Waals surface area contributed by atoms with Gasteiger partial charge in [0.1, 0.15) is 0 Å². The van der Waals surface area contributed by atoms with E-state index in [1.807, 2.05) is 0 Å². The Morgan fingerprint density at radius 2 is 2.06 bits per heavy atom. The predicted octanol–water partition coefficient (Wildman–Crippen LogP) is 4.05. The number of carbonyl (C=O) groups is 1. The lowest BCUT2D eigenvalue weighted by atomic mass is 9.87. The van der Waals surface area contributed by atoms with Crippen LogP contribution in [0.4, 0.5) is 0 Å². The van der Waals surface area contributed by atoms with E-state index in [2.05, 4.69) is 39.0 Å². The van der Waals surface area contributed by atoms with Gasteiger partial charge in [-0.1, -0.05) is 43.5 Å². The molecule has 0 bridgehead atoms. The minimum absolute atomic E-state index is 0.160. The molecular weight excluding hydrogens is 212 g/mol. The summed E-state index contributed by atoms with van der Waals surface area (Å²) in [6.45, 7) is 6.26. The molecule has 0 saturated carbocycles. The van der Waals surface area contributed by atoms with Gasteiger partial charge in [0.15, 0.2) is 0 Å². The largest absolute Gasteiger partial charge is 0.481 e. The van der Waals surface area contributed by atoms with Gasteiger partial charge in [-0.05, 0) is 37.3 Å². The number of unbranched alkanes of at least 4 members (excludes halogenated alkanes) is 1. The number of hydrogen-bond acceptors (Lipinski definition) is 1. The summed E-state index contributed by atoms with van der Waals surface area (Å²) in [5.41, 5.74) is 3.62. The van der Waals surface area contributed by atoms with E-state index in [-0.39, 0.29) is 12.3 Å². The molecular formula is C15H22O2. The number of aliphatic carboxylic acids is 1. The number of benzene rings is 1. The van der Waals surface area contributed by atoms with Crippen molar-refractivity contribution in [3.8, 4) is 0 Å². The molecule has 1 atom stereocenters. The zero-order valence-corrected chi connectivity index (χ0v) is 11.0. The van der Waals surface area contributed by atoms with Gasteiger partial charge in [0.2, 0.25) is 0 Å². The van der Waals surface area contributed by atoms with Gasteiger partial charge in [-0.25, -0.2) is 0 Å². The SMILES string of the molecule is CCCCC(CC(=O)O)c1cc(C)ccc1C. The quantitative estimate of drug-likeness (QED) is 0.806. The molecule has 2 nitrogen and oxygen atoms in total. The van der Waals surface area contributed by atoms with E-state index in [9.17, 15) is 4.79 Å². The highest BCUT2D eigenvalue weighted by molar-refractivity contribution is 5.68. The van der Waals surface area contributed by atoms with Gasteiger partial charge >= 0.3 is 5.97 Å². The highest BCUT2D eigenvalue weighted by atomic mass is 16.4. The van der Waals surface area contributed by atoms with Gasteiger partial charge in [-0.2, -0.15) is 0 Å². The number of hydrogen-bond donors (Lipinski definition) is 1. The monoisotopic (exact) mass is 234 g/mol. The third-order valence-electron chi connectivity index (χ3n) is 3.20. The Hall–Kier alpha value is -1.31. The molecule has 1 N–H and O–H groups in total. The van der Waals surface area contributed by atoms with Crippen LogP contribution < -0.4 is 0 Å². The lowest BCUT2D eigenvalue weighted by molar-refractivity contribution is -0.137. The summed E-state index contributed by atoms with van der Waals surface area (Å²) in [5.74, 6) is -0.542. The molecule has 1 aromatic carbocycles. The average molecular weight is 234 g/mol. The Morgan fingerprint density at radius 1 is 1.35 bits per heavy atom. The Balaban J connectivity index is 2.93. The van der Waals surface area contributed by atoms with Crippen LogP contribution in [-0.4, -0.2) is 11.1 Å². The predicted molar refractivity (Wildman–Crippen MR) is 70.4 cm³/mol. The normalized spacial score (nSPS) is 12.4. The number of carboxylic acids is 1. The van der Waals surface area contributed by atoms with E-state index >= 15 is 0 Å². The van der Waals surface area contributed by atoms with Crippen LogP contribution in [0, 0.1) is 13.8 Å². The van der Waals surface area contributed by atoms with Gasteiger partial charge < -0.3 is 5.11 Å². The standard InChI is InChI=1S/C15H22O2/c1-4-5-6-13(10-15(16)17)14-9-11(2)7-8-12(14)3/h7-9,13H,4-6,10H2,1-3H3,(H,16,17). The van der Waals surface area contributed by atoms with Gasteiger partial charge in [-0.15, -0.1) is 0 Å². The van der Waals surface area contributed by atoms with Crippen molar-refractivity contribution in [3.63, 3.8) is 0 Å². The second-order valence-corrected chi connectivity index (χ2v) is 4.80. The van der Waals surface area contributed by atoms with E-state index in [4.69, 9.17) is 5.11 Å². The molecule has 0 aromatic heterocycles. The maximum atomic E-state index is 10.9. The Bertz CT molecular complexity index is 383. The van der Waals surface area contributed by atoms with Crippen LogP contribution in [0.15, 0.2) is 18.2 Å². The molecule has 0 aliphatic carbocycles. The van der Waals surface area contributed by atoms with Gasteiger partial charge in [0.25, 0.3) is 0 Å². The topological polar surface area (TPSA) is 37.3 Å². The van der Waals surface area contributed by atoms with E-state index in [0.29, 0.717) is 0 Å². The maximum absolute atomic E-state index is 10.9. The first-order valence-corrected chi connectivity index (χ1v) is 6.33. The summed E-state index contributed by atoms with van der Waals surface area (Å²) in [4.78, 5) is 10.9. The minimum Gasteiger partial charge on any atom is -0.481 e. The highest BCUT2D eigenvalue weighted by Gasteiger charge is 2.17. The van der Waals surface area contributed by atoms with E-state index in [1.165, 1.54) is 16.7 Å². The van der Waals surface area contributed by atoms with Crippen molar-refractivity contribution in [2.45, 2.75) is 52.4 Å². The zero-order valence-electron chi connectivity index (χ0n) is 11.0. The van der Waals surface area contributed by atoms with Crippen LogP contribution in [0.1, 0.15) is 55.2 Å². The molecule has 0 heterocycles. The van der Waals surface area contributed by atoms with Crippen molar-refractivity contribution in [2.75, 3.05) is 0 Å². The first kappa shape index (κ1) is 13.8. The Kier molecular flexibility index (Phi) is 5.20. The molecule has 0 aliphatic rings. The second kappa shape index (κ2) is 6.43. The second-order valence-electron chi connectivity index (χ2n) is 4.80. The molecule has 17 heavy (non-hydrogen) atoms. The van der Waals surface area contributed by atoms with Crippen LogP contribution in [0.5, 0.6) is 0 Å². The van der Waals surface area contributed by atoms with E-state index in [0.717, 1.165) is 19.3 Å². The van der Waals surface area contributed by atoms with Crippen molar-refractivity contribution in [1.82, 2.24) is 0 Å². The summed E-state index contributed by atoms with van der Waals surface area (Å²) in [5, 5.41) is 9.00. The van der Waals surface area contributed by atoms with E-state index in [1.54, 1.807) is 0 Å². The van der Waals surface area contributed by atoms with Gasteiger partial charge in [0, 0.05) is 0 Å². The van der Waals surface area contributed by atoms with Crippen LogP contribution in [0.25, 0.3) is 0 Å². The Labute approximate surface area is 104 Å². The van der Waals surface area contributed by atoms with Crippen LogP contribution in [0.3, 0.4) is 0 Å². The van der Waals surface area contributed by atoms with Crippen molar-refractivity contribution < 1.29 is 9.90 Å². The molecule has 0 spiro atoms. The van der Waals surface area contributed by atoms with Gasteiger partial charge in [0.05, 0.1) is 6.42 Å². The summed E-state index contributed by atoms with van der Waals surface area (Å²) >= 11 is 0. The fraction of sp³-hybridized carbons (Fsp3) is 0.533. The smallest absolute Gasteiger partial charge is 0.303 e. The number of aryl methyl sites for hydroxylation is 2. The molecule has 1 unspecified atom stereocenters. The first-order valence-electron chi connectivity index (χ1n) is 6.33. The van der Waals surface area contributed by atoms with Crippen molar-refractivity contribution >= 4 is 5.97 Å². The van der Waals surface area contributed by atoms with Gasteiger partial charge in [-0.3, -0.25) is 4.79 Å². The Morgan fingerprint density at radius 3 is 2.65 bits per heavy atom. The lowest BCUT2D eigenvalue weighted by Gasteiger charge is -2.18. The third-order valence-corrected chi connectivity index (χ3v) is 3.20. The molecule has 0 amide bonds. The molecule has 0 radical (unpaired) electrons. The van der Waals surface area contributed by atoms with Crippen molar-refractivity contribution in [3.05, 3.63) is 34.9 Å². The molecule has 0 aliphatic heterocycles. The van der Waals surface area contributed by atoms with Crippen molar-refractivity contribution in [2.24, 2.45) is 0 Å². The molecule has 2 heteroatoms. The molecule has 0 saturated heterocycles. The summed E-state index contributed by atoms with van der Waals surface area (Å²) in [7, 11) is 0. The molecule has 0 fully saturated rings. The van der Waals surface area contributed by atoms with E-state index < -0.39 is 5.97 Å². The minimum atomic E-state index is -0.702. The van der Waals surface area contributed by atoms with Crippen LogP contribution in [-0.2, 0) is 4.79 Å². The molecule has 94 valence electrons. The summed E-state index contributed by atoms with van der Waals surface area (Å²) in [6, 6.07) is 6.31. The fourth-order valence-corrected chi connectivity index (χ4v) is 2.23. The molecule has 1 rings (SSSR count). The molecule has 1 aromatic rings. The fourth-order valence-electron chi connectivity index (χ4n) is 2.23. The zero-order chi connectivity index (χ0) is 12.8. The van der Waals surface area contributed by atoms with Crippen molar-refractivity contribution in [1.29, 1.82) is 0 Å². The maximum Gasteiger partial charge on any atom is 0.303 e. The van der Waals surface area contributed by atoms with Crippen LogP contribution >= 0.6 is 0 Å². The third kappa shape index (κ3) is 4.22. The lowest BCUT2D eigenvalue weighted by Crippen LogP contribution is -2.08. The first-order chi connectivity index (χ1) is 8.04. The van der Waals surface area contributed by atoms with Crippen LogP contribution in [0.2, 0.25) is 0 Å². The summed E-state index contributed by atoms with van der Waals surface area (Å²) in [6.07, 6.45) is 3.41. The number of carboxylic acid groups (broad SMARTS) is 1. The average Bonchev–Trinajstić information content (AvgIpc) is 2.27. The highest BCUT2D eigenvalue weighted by Crippen LogP contribution is 2.29.